The normalized spacial score (nSPS) is 13.1. The first kappa shape index (κ1) is 17.7. The molecule has 1 aromatic rings. The first-order valence-electron chi connectivity index (χ1n) is 6.44. The van der Waals surface area contributed by atoms with E-state index in [0.717, 1.165) is 6.07 Å². The van der Waals surface area contributed by atoms with Gasteiger partial charge >= 0.3 is 5.97 Å². The number of hydrogen-bond donors (Lipinski definition) is 2. The molecule has 0 aliphatic heterocycles. The fourth-order valence-electron chi connectivity index (χ4n) is 1.83. The molecule has 0 heterocycles. The summed E-state index contributed by atoms with van der Waals surface area (Å²) in [7, 11) is -3.88. The van der Waals surface area contributed by atoms with E-state index in [1.165, 1.54) is 12.1 Å². The minimum absolute atomic E-state index is 0.0286. The molecule has 0 radical (unpaired) electrons. The Morgan fingerprint density at radius 2 is 1.90 bits per heavy atom. The van der Waals surface area contributed by atoms with E-state index < -0.39 is 25.3 Å². The van der Waals surface area contributed by atoms with Crippen molar-refractivity contribution >= 4 is 13.9 Å². The molecule has 0 fully saturated rings. The highest BCUT2D eigenvalue weighted by Crippen LogP contribution is 2.58. The molecule has 0 bridgehead atoms. The lowest BCUT2D eigenvalue weighted by Gasteiger charge is -2.32. The summed E-state index contributed by atoms with van der Waals surface area (Å²) >= 11 is 0. The summed E-state index contributed by atoms with van der Waals surface area (Å²) in [5.41, 5.74) is -1.35. The van der Waals surface area contributed by atoms with Gasteiger partial charge in [-0.2, -0.15) is 0 Å². The number of carbonyl (C=O) groups is 1. The summed E-state index contributed by atoms with van der Waals surface area (Å²) < 4.78 is 10.1. The molecule has 118 valence electrons. The van der Waals surface area contributed by atoms with Crippen LogP contribution in [0.1, 0.15) is 19.4 Å². The number of phenolic OH excluding ortho intramolecular Hbond substituents is 1. The minimum atomic E-state index is -3.88. The van der Waals surface area contributed by atoms with Gasteiger partial charge in [0, 0.05) is 6.42 Å². The molecule has 0 aromatic heterocycles. The van der Waals surface area contributed by atoms with E-state index in [2.05, 4.69) is 0 Å². The van der Waals surface area contributed by atoms with Gasteiger partial charge in [0.15, 0.2) is 0 Å². The lowest BCUT2D eigenvalue weighted by atomic mass is 10.1. The maximum Gasteiger partial charge on any atom is 0.350 e. The molecule has 1 aromatic carbocycles. The molecule has 0 saturated heterocycles. The molecule has 7 nitrogen and oxygen atoms in total. The number of carboxylic acid groups (broad SMARTS) is 1. The molecule has 0 amide bonds. The van der Waals surface area contributed by atoms with E-state index in [0.29, 0.717) is 0 Å². The van der Waals surface area contributed by atoms with Crippen LogP contribution in [-0.4, -0.2) is 35.1 Å². The first-order valence-corrected chi connectivity index (χ1v) is 8.05. The summed E-state index contributed by atoms with van der Waals surface area (Å²) in [5, 5.41) is 30.2. The van der Waals surface area contributed by atoms with Crippen LogP contribution in [0.15, 0.2) is 18.2 Å². The summed E-state index contributed by atoms with van der Waals surface area (Å²) in [6, 6.07) is 3.54. The third-order valence-corrected chi connectivity index (χ3v) is 5.15. The van der Waals surface area contributed by atoms with Crippen molar-refractivity contribution < 1.29 is 34.1 Å². The van der Waals surface area contributed by atoms with Crippen molar-refractivity contribution in [2.45, 2.75) is 25.9 Å². The van der Waals surface area contributed by atoms with Crippen molar-refractivity contribution in [1.82, 2.24) is 0 Å². The zero-order chi connectivity index (χ0) is 16.0. The fraction of sp³-hybridized carbons (Fsp3) is 0.462. The van der Waals surface area contributed by atoms with Crippen LogP contribution in [0.25, 0.3) is 0 Å². The molecule has 8 heteroatoms. The van der Waals surface area contributed by atoms with E-state index in [4.69, 9.17) is 9.05 Å². The summed E-state index contributed by atoms with van der Waals surface area (Å²) in [6.07, 6.45) is -0.300. The Balaban J connectivity index is 3.08. The van der Waals surface area contributed by atoms with Gasteiger partial charge in [0.05, 0.1) is 13.2 Å². The van der Waals surface area contributed by atoms with E-state index in [1.807, 2.05) is 0 Å². The SMILES string of the molecule is CCO[P+]([O-])(OCC)C(Cc1ccc(O)cc1[O-])C(=O)O. The van der Waals surface area contributed by atoms with E-state index in [9.17, 15) is 25.0 Å². The van der Waals surface area contributed by atoms with Gasteiger partial charge in [0.1, 0.15) is 5.75 Å². The quantitative estimate of drug-likeness (QED) is 0.675. The highest BCUT2D eigenvalue weighted by molar-refractivity contribution is 7.61. The molecular formula is C13H18O7P-. The topological polar surface area (TPSA) is 122 Å². The Morgan fingerprint density at radius 3 is 2.33 bits per heavy atom. The lowest BCUT2D eigenvalue weighted by molar-refractivity contribution is -0.269. The van der Waals surface area contributed by atoms with E-state index in [1.54, 1.807) is 13.8 Å². The molecular weight excluding hydrogens is 299 g/mol. The van der Waals surface area contributed by atoms with Gasteiger partial charge in [0.2, 0.25) is 5.66 Å². The lowest BCUT2D eigenvalue weighted by Crippen LogP contribution is -2.35. The largest absolute Gasteiger partial charge is 0.872 e. The Hall–Kier alpha value is -1.40. The van der Waals surface area contributed by atoms with Gasteiger partial charge in [0.25, 0.3) is 7.94 Å². The maximum atomic E-state index is 12.6. The van der Waals surface area contributed by atoms with E-state index in [-0.39, 0.29) is 30.9 Å². The highest BCUT2D eigenvalue weighted by Gasteiger charge is 2.46. The number of aromatic hydroxyl groups is 1. The predicted molar refractivity (Wildman–Crippen MR) is 72.9 cm³/mol. The summed E-state index contributed by atoms with van der Waals surface area (Å²) in [6.45, 7) is 3.20. The van der Waals surface area contributed by atoms with Crippen LogP contribution < -0.4 is 10.00 Å². The van der Waals surface area contributed by atoms with Crippen molar-refractivity contribution in [2.24, 2.45) is 0 Å². The standard InChI is InChI=1S/C13H19O7P/c1-3-19-21(18,20-4-2)12(13(16)17)7-9-5-6-10(14)8-11(9)15/h5-6,8,12,14-15H,3-4,7H2,1-2H3,(H,16,17)/p-1. The van der Waals surface area contributed by atoms with Crippen molar-refractivity contribution in [2.75, 3.05) is 13.2 Å². The van der Waals surface area contributed by atoms with Crippen LogP contribution in [0.4, 0.5) is 0 Å². The molecule has 21 heavy (non-hydrogen) atoms. The average Bonchev–Trinajstić information content (AvgIpc) is 2.37. The Kier molecular flexibility index (Phi) is 6.36. The zero-order valence-corrected chi connectivity index (χ0v) is 12.7. The van der Waals surface area contributed by atoms with Crippen LogP contribution in [0.5, 0.6) is 11.5 Å². The molecule has 0 spiro atoms. The number of phenols is 1. The van der Waals surface area contributed by atoms with Crippen LogP contribution in [0, 0.1) is 0 Å². The van der Waals surface area contributed by atoms with Crippen molar-refractivity contribution in [3.05, 3.63) is 23.8 Å². The van der Waals surface area contributed by atoms with Crippen molar-refractivity contribution in [3.63, 3.8) is 0 Å². The maximum absolute atomic E-state index is 12.6. The van der Waals surface area contributed by atoms with Gasteiger partial charge in [-0.3, -0.25) is 0 Å². The summed E-state index contributed by atoms with van der Waals surface area (Å²) in [4.78, 5) is 24.0. The van der Waals surface area contributed by atoms with Crippen LogP contribution in [-0.2, 0) is 20.3 Å². The smallest absolute Gasteiger partial charge is 0.350 e. The third kappa shape index (κ3) is 4.54. The number of rotatable bonds is 8. The number of aliphatic carboxylic acids is 1. The minimum Gasteiger partial charge on any atom is -0.872 e. The average molecular weight is 317 g/mol. The molecule has 1 unspecified atom stereocenters. The molecule has 0 aliphatic carbocycles. The van der Waals surface area contributed by atoms with Gasteiger partial charge in [-0.15, -0.1) is 5.75 Å². The molecule has 1 atom stereocenters. The number of hydrogen-bond acceptors (Lipinski definition) is 6. The van der Waals surface area contributed by atoms with Crippen molar-refractivity contribution in [1.29, 1.82) is 0 Å². The monoisotopic (exact) mass is 317 g/mol. The van der Waals surface area contributed by atoms with E-state index >= 15 is 0 Å². The van der Waals surface area contributed by atoms with Gasteiger partial charge in [-0.25, -0.2) is 13.8 Å². The highest BCUT2D eigenvalue weighted by atomic mass is 31.2. The van der Waals surface area contributed by atoms with Crippen LogP contribution >= 0.6 is 7.94 Å². The second-order valence-electron chi connectivity index (χ2n) is 4.23. The molecule has 1 rings (SSSR count). The van der Waals surface area contributed by atoms with Gasteiger partial charge in [-0.05, 0) is 26.0 Å². The molecule has 2 N–H and O–H groups in total. The fourth-order valence-corrected chi connectivity index (χ4v) is 3.68. The second-order valence-corrected chi connectivity index (χ2v) is 6.44. The summed E-state index contributed by atoms with van der Waals surface area (Å²) in [5.74, 6) is -2.11. The Bertz CT molecular complexity index is 485. The number of benzene rings is 1. The van der Waals surface area contributed by atoms with Gasteiger partial charge < -0.3 is 20.2 Å². The van der Waals surface area contributed by atoms with Crippen molar-refractivity contribution in [3.8, 4) is 11.5 Å². The Labute approximate surface area is 123 Å². The Morgan fingerprint density at radius 1 is 1.33 bits per heavy atom. The third-order valence-electron chi connectivity index (χ3n) is 2.75. The second kappa shape index (κ2) is 7.56. The van der Waals surface area contributed by atoms with Gasteiger partial charge in [-0.1, -0.05) is 11.6 Å². The van der Waals surface area contributed by atoms with Crippen LogP contribution in [0.2, 0.25) is 0 Å². The molecule has 0 saturated carbocycles. The number of carboxylic acids is 1. The predicted octanol–water partition coefficient (Wildman–Crippen LogP) is 0.657. The van der Waals surface area contributed by atoms with Crippen LogP contribution in [0.3, 0.4) is 0 Å². The first-order chi connectivity index (χ1) is 9.84. The molecule has 0 aliphatic rings. The zero-order valence-electron chi connectivity index (χ0n) is 11.8.